The van der Waals surface area contributed by atoms with Gasteiger partial charge in [0.15, 0.2) is 5.82 Å². The lowest BCUT2D eigenvalue weighted by Gasteiger charge is -2.19. The molecular formula is C15H16N4O2. The average Bonchev–Trinajstić information content (AvgIpc) is 2.90. The molecule has 1 N–H and O–H groups in total. The summed E-state index contributed by atoms with van der Waals surface area (Å²) in [5, 5.41) is 14.5. The second-order valence-corrected chi connectivity index (χ2v) is 4.91. The Balaban J connectivity index is 1.97. The molecule has 3 aromatic rings. The predicted molar refractivity (Wildman–Crippen MR) is 78.8 cm³/mol. The summed E-state index contributed by atoms with van der Waals surface area (Å²) in [4.78, 5) is 10.7. The van der Waals surface area contributed by atoms with Crippen LogP contribution in [0.15, 0.2) is 34.9 Å². The number of fused-ring (bicyclic) bond motifs is 1. The van der Waals surface area contributed by atoms with Gasteiger partial charge in [-0.25, -0.2) is 4.98 Å². The van der Waals surface area contributed by atoms with Crippen LogP contribution in [0.4, 0.5) is 5.82 Å². The number of benzene rings is 1. The van der Waals surface area contributed by atoms with E-state index in [9.17, 15) is 5.11 Å². The van der Waals surface area contributed by atoms with Crippen LogP contribution in [0, 0.1) is 6.92 Å². The highest BCUT2D eigenvalue weighted by molar-refractivity contribution is 5.81. The van der Waals surface area contributed by atoms with Crippen LogP contribution in [0.25, 0.3) is 10.9 Å². The number of aliphatic hydroxyl groups is 1. The summed E-state index contributed by atoms with van der Waals surface area (Å²) in [6, 6.07) is 9.78. The molecule has 0 saturated carbocycles. The fourth-order valence-electron chi connectivity index (χ4n) is 2.29. The van der Waals surface area contributed by atoms with Crippen LogP contribution in [-0.4, -0.2) is 27.3 Å². The molecule has 0 amide bonds. The second kappa shape index (κ2) is 5.49. The molecule has 21 heavy (non-hydrogen) atoms. The zero-order valence-electron chi connectivity index (χ0n) is 11.9. The van der Waals surface area contributed by atoms with Crippen LogP contribution in [0.1, 0.15) is 17.3 Å². The molecule has 2 aromatic heterocycles. The van der Waals surface area contributed by atoms with E-state index in [1.165, 1.54) is 0 Å². The molecule has 0 saturated heterocycles. The van der Waals surface area contributed by atoms with Crippen LogP contribution in [-0.2, 0) is 13.2 Å². The topological polar surface area (TPSA) is 75.3 Å². The standard InChI is InChI=1S/C15H16N4O2/c1-10-16-14(18-21-10)8-19(2)15-12(9-20)7-11-5-3-4-6-13(11)17-15/h3-7,20H,8-9H2,1-2H3. The second-order valence-electron chi connectivity index (χ2n) is 4.91. The maximum Gasteiger partial charge on any atom is 0.223 e. The van der Waals surface area contributed by atoms with Gasteiger partial charge in [-0.2, -0.15) is 4.98 Å². The number of para-hydroxylation sites is 1. The Kier molecular flexibility index (Phi) is 3.53. The number of rotatable bonds is 4. The molecule has 3 rings (SSSR count). The van der Waals surface area contributed by atoms with Crippen molar-refractivity contribution in [2.75, 3.05) is 11.9 Å². The van der Waals surface area contributed by atoms with Gasteiger partial charge in [0.1, 0.15) is 5.82 Å². The van der Waals surface area contributed by atoms with Crippen molar-refractivity contribution in [3.05, 3.63) is 47.6 Å². The first-order valence-corrected chi connectivity index (χ1v) is 6.67. The number of anilines is 1. The molecule has 0 atom stereocenters. The van der Waals surface area contributed by atoms with Gasteiger partial charge >= 0.3 is 0 Å². The van der Waals surface area contributed by atoms with Gasteiger partial charge in [0.25, 0.3) is 0 Å². The Labute approximate surface area is 122 Å². The van der Waals surface area contributed by atoms with Crippen molar-refractivity contribution in [3.63, 3.8) is 0 Å². The van der Waals surface area contributed by atoms with Gasteiger partial charge in [-0.3, -0.25) is 0 Å². The summed E-state index contributed by atoms with van der Waals surface area (Å²) in [7, 11) is 1.89. The zero-order valence-corrected chi connectivity index (χ0v) is 11.9. The van der Waals surface area contributed by atoms with Crippen molar-refractivity contribution < 1.29 is 9.63 Å². The van der Waals surface area contributed by atoms with E-state index in [2.05, 4.69) is 15.1 Å². The lowest BCUT2D eigenvalue weighted by Crippen LogP contribution is -2.20. The van der Waals surface area contributed by atoms with Gasteiger partial charge in [0.05, 0.1) is 18.7 Å². The SMILES string of the molecule is Cc1nc(CN(C)c2nc3ccccc3cc2CO)no1. The number of aryl methyl sites for hydroxylation is 1. The fraction of sp³-hybridized carbons (Fsp3) is 0.267. The molecule has 108 valence electrons. The van der Waals surface area contributed by atoms with Crippen molar-refractivity contribution in [1.82, 2.24) is 15.1 Å². The highest BCUT2D eigenvalue weighted by Gasteiger charge is 2.13. The monoisotopic (exact) mass is 284 g/mol. The molecule has 0 unspecified atom stereocenters. The van der Waals surface area contributed by atoms with E-state index in [-0.39, 0.29) is 6.61 Å². The minimum absolute atomic E-state index is 0.0667. The van der Waals surface area contributed by atoms with Crippen molar-refractivity contribution in [3.8, 4) is 0 Å². The first-order chi connectivity index (χ1) is 10.2. The number of aliphatic hydroxyl groups excluding tert-OH is 1. The highest BCUT2D eigenvalue weighted by atomic mass is 16.5. The maximum atomic E-state index is 9.58. The molecule has 0 aliphatic rings. The molecule has 6 nitrogen and oxygen atoms in total. The Morgan fingerprint density at radius 1 is 1.24 bits per heavy atom. The van der Waals surface area contributed by atoms with E-state index >= 15 is 0 Å². The third kappa shape index (κ3) is 2.71. The van der Waals surface area contributed by atoms with Gasteiger partial charge in [0, 0.05) is 24.9 Å². The van der Waals surface area contributed by atoms with Gasteiger partial charge in [0.2, 0.25) is 5.89 Å². The smallest absolute Gasteiger partial charge is 0.223 e. The third-order valence-electron chi connectivity index (χ3n) is 3.26. The van der Waals surface area contributed by atoms with E-state index < -0.39 is 0 Å². The molecule has 0 spiro atoms. The number of nitrogens with zero attached hydrogens (tertiary/aromatic N) is 4. The summed E-state index contributed by atoms with van der Waals surface area (Å²) < 4.78 is 4.97. The van der Waals surface area contributed by atoms with E-state index in [1.54, 1.807) is 6.92 Å². The normalized spacial score (nSPS) is 11.0. The van der Waals surface area contributed by atoms with Gasteiger partial charge in [-0.15, -0.1) is 0 Å². The minimum atomic E-state index is -0.0667. The molecular weight excluding hydrogens is 268 g/mol. The molecule has 0 aliphatic heterocycles. The van der Waals surface area contributed by atoms with E-state index in [0.29, 0.717) is 18.3 Å². The maximum absolute atomic E-state index is 9.58. The van der Waals surface area contributed by atoms with Gasteiger partial charge < -0.3 is 14.5 Å². The molecule has 0 fully saturated rings. The molecule has 1 aromatic carbocycles. The molecule has 6 heteroatoms. The minimum Gasteiger partial charge on any atom is -0.392 e. The van der Waals surface area contributed by atoms with Crippen LogP contribution < -0.4 is 4.90 Å². The highest BCUT2D eigenvalue weighted by Crippen LogP contribution is 2.23. The largest absolute Gasteiger partial charge is 0.392 e. The molecule has 2 heterocycles. The van der Waals surface area contributed by atoms with Crippen LogP contribution >= 0.6 is 0 Å². The fourth-order valence-corrected chi connectivity index (χ4v) is 2.29. The first-order valence-electron chi connectivity index (χ1n) is 6.67. The van der Waals surface area contributed by atoms with Gasteiger partial charge in [-0.1, -0.05) is 23.4 Å². The Hall–Kier alpha value is -2.47. The predicted octanol–water partition coefficient (Wildman–Crippen LogP) is 2.05. The number of pyridine rings is 1. The van der Waals surface area contributed by atoms with Crippen molar-refractivity contribution in [2.45, 2.75) is 20.1 Å². The summed E-state index contributed by atoms with van der Waals surface area (Å²) in [6.45, 7) is 2.16. The third-order valence-corrected chi connectivity index (χ3v) is 3.26. The number of aromatic nitrogens is 3. The lowest BCUT2D eigenvalue weighted by molar-refractivity contribution is 0.282. The number of hydrogen-bond acceptors (Lipinski definition) is 6. The van der Waals surface area contributed by atoms with E-state index in [0.717, 1.165) is 22.3 Å². The van der Waals surface area contributed by atoms with Crippen LogP contribution in [0.3, 0.4) is 0 Å². The van der Waals surface area contributed by atoms with Gasteiger partial charge in [-0.05, 0) is 12.1 Å². The van der Waals surface area contributed by atoms with E-state index in [1.807, 2.05) is 42.3 Å². The zero-order chi connectivity index (χ0) is 14.8. The first kappa shape index (κ1) is 13.5. The summed E-state index contributed by atoms with van der Waals surface area (Å²) >= 11 is 0. The molecule has 0 aliphatic carbocycles. The summed E-state index contributed by atoms with van der Waals surface area (Å²) in [5.41, 5.74) is 1.66. The number of hydrogen-bond donors (Lipinski definition) is 1. The average molecular weight is 284 g/mol. The van der Waals surface area contributed by atoms with Crippen molar-refractivity contribution in [2.24, 2.45) is 0 Å². The van der Waals surface area contributed by atoms with E-state index in [4.69, 9.17) is 4.52 Å². The summed E-state index contributed by atoms with van der Waals surface area (Å²) in [5.74, 6) is 1.85. The molecule has 0 bridgehead atoms. The Morgan fingerprint density at radius 2 is 2.05 bits per heavy atom. The Bertz CT molecular complexity index is 769. The Morgan fingerprint density at radius 3 is 2.76 bits per heavy atom. The van der Waals surface area contributed by atoms with Crippen molar-refractivity contribution >= 4 is 16.7 Å². The summed E-state index contributed by atoms with van der Waals surface area (Å²) in [6.07, 6.45) is 0. The van der Waals surface area contributed by atoms with Crippen LogP contribution in [0.2, 0.25) is 0 Å². The van der Waals surface area contributed by atoms with Crippen LogP contribution in [0.5, 0.6) is 0 Å². The lowest BCUT2D eigenvalue weighted by atomic mass is 10.1. The molecule has 0 radical (unpaired) electrons. The van der Waals surface area contributed by atoms with Crippen molar-refractivity contribution in [1.29, 1.82) is 0 Å². The quantitative estimate of drug-likeness (QED) is 0.790.